The maximum atomic E-state index is 10.7. The van der Waals surface area contributed by atoms with Gasteiger partial charge in [-0.25, -0.2) is 4.79 Å². The van der Waals surface area contributed by atoms with Gasteiger partial charge in [0, 0.05) is 22.6 Å². The van der Waals surface area contributed by atoms with Gasteiger partial charge in [-0.2, -0.15) is 0 Å². The number of amides is 1. The van der Waals surface area contributed by atoms with E-state index in [2.05, 4.69) is 10.3 Å². The van der Waals surface area contributed by atoms with Crippen LogP contribution in [0.3, 0.4) is 0 Å². The van der Waals surface area contributed by atoms with Crippen LogP contribution in [0.5, 0.6) is 0 Å². The highest BCUT2D eigenvalue weighted by Gasteiger charge is 2.44. The van der Waals surface area contributed by atoms with Crippen LogP contribution in [-0.4, -0.2) is 21.7 Å². The van der Waals surface area contributed by atoms with Crippen LogP contribution in [0.25, 0.3) is 10.9 Å². The van der Waals surface area contributed by atoms with E-state index in [4.69, 9.17) is 16.7 Å². The first-order chi connectivity index (χ1) is 8.58. The van der Waals surface area contributed by atoms with Crippen LogP contribution in [0, 0.1) is 0 Å². The molecule has 1 aromatic heterocycles. The molecule has 0 spiro atoms. The van der Waals surface area contributed by atoms with E-state index in [1.807, 2.05) is 18.2 Å². The molecule has 0 aliphatic heterocycles. The monoisotopic (exact) mass is 264 g/mol. The predicted molar refractivity (Wildman–Crippen MR) is 70.1 cm³/mol. The molecule has 94 valence electrons. The molecule has 1 heterocycles. The first kappa shape index (κ1) is 11.4. The van der Waals surface area contributed by atoms with Gasteiger partial charge >= 0.3 is 6.09 Å². The van der Waals surface area contributed by atoms with Crippen LogP contribution < -0.4 is 5.32 Å². The number of aromatic nitrogens is 1. The average Bonchev–Trinajstić information content (AvgIpc) is 2.94. The number of aromatic amines is 1. The number of hydrogen-bond donors (Lipinski definition) is 3. The van der Waals surface area contributed by atoms with Crippen LogP contribution >= 0.6 is 11.6 Å². The van der Waals surface area contributed by atoms with E-state index < -0.39 is 6.09 Å². The van der Waals surface area contributed by atoms with Crippen LogP contribution in [0.1, 0.15) is 18.4 Å². The minimum atomic E-state index is -0.948. The molecule has 18 heavy (non-hydrogen) atoms. The van der Waals surface area contributed by atoms with Crippen molar-refractivity contribution in [3.05, 3.63) is 35.0 Å². The SMILES string of the molecule is O=C(O)NC1(Cc2ccc3c(Cl)c[nH]c3c2)CC1. The summed E-state index contributed by atoms with van der Waals surface area (Å²) >= 11 is 6.02. The summed E-state index contributed by atoms with van der Waals surface area (Å²) in [5, 5.41) is 13.1. The number of carboxylic acid groups (broad SMARTS) is 1. The molecule has 4 nitrogen and oxygen atoms in total. The third-order valence-electron chi connectivity index (χ3n) is 3.46. The molecule has 1 saturated carbocycles. The number of rotatable bonds is 3. The first-order valence-corrected chi connectivity index (χ1v) is 6.22. The molecule has 1 amide bonds. The fraction of sp³-hybridized carbons (Fsp3) is 0.308. The highest BCUT2D eigenvalue weighted by molar-refractivity contribution is 6.35. The molecule has 0 unspecified atom stereocenters. The molecule has 0 atom stereocenters. The smallest absolute Gasteiger partial charge is 0.405 e. The highest BCUT2D eigenvalue weighted by Crippen LogP contribution is 2.39. The molecule has 5 heteroatoms. The topological polar surface area (TPSA) is 65.1 Å². The van der Waals surface area contributed by atoms with Gasteiger partial charge in [0.05, 0.1) is 5.02 Å². The Kier molecular flexibility index (Phi) is 2.48. The third kappa shape index (κ3) is 2.04. The maximum Gasteiger partial charge on any atom is 0.405 e. The zero-order valence-corrected chi connectivity index (χ0v) is 10.4. The number of hydrogen-bond acceptors (Lipinski definition) is 1. The fourth-order valence-electron chi connectivity index (χ4n) is 2.36. The number of halogens is 1. The minimum Gasteiger partial charge on any atom is -0.465 e. The maximum absolute atomic E-state index is 10.7. The summed E-state index contributed by atoms with van der Waals surface area (Å²) in [6, 6.07) is 6.01. The van der Waals surface area contributed by atoms with Gasteiger partial charge in [-0.05, 0) is 30.9 Å². The van der Waals surface area contributed by atoms with Crippen LogP contribution in [-0.2, 0) is 6.42 Å². The quantitative estimate of drug-likeness (QED) is 0.797. The van der Waals surface area contributed by atoms with Crippen molar-refractivity contribution in [1.82, 2.24) is 10.3 Å². The standard InChI is InChI=1S/C13H13ClN2O2/c14-10-7-15-11-5-8(1-2-9(10)11)6-13(3-4-13)16-12(17)18/h1-2,5,7,15-16H,3-4,6H2,(H,17,18). The lowest BCUT2D eigenvalue weighted by molar-refractivity contribution is 0.188. The molecule has 1 aromatic carbocycles. The number of benzene rings is 1. The van der Waals surface area contributed by atoms with E-state index >= 15 is 0 Å². The molecule has 1 aliphatic carbocycles. The van der Waals surface area contributed by atoms with Gasteiger partial charge in [-0.3, -0.25) is 0 Å². The van der Waals surface area contributed by atoms with Crippen molar-refractivity contribution in [2.24, 2.45) is 0 Å². The second-order valence-corrected chi connectivity index (χ2v) is 5.31. The molecule has 3 N–H and O–H groups in total. The Morgan fingerprint density at radius 1 is 1.50 bits per heavy atom. The Hall–Kier alpha value is -1.68. The zero-order chi connectivity index (χ0) is 12.8. The Morgan fingerprint density at radius 2 is 2.28 bits per heavy atom. The molecule has 0 saturated heterocycles. The van der Waals surface area contributed by atoms with E-state index in [0.29, 0.717) is 5.02 Å². The first-order valence-electron chi connectivity index (χ1n) is 5.85. The zero-order valence-electron chi connectivity index (χ0n) is 9.66. The molecule has 0 radical (unpaired) electrons. The summed E-state index contributed by atoms with van der Waals surface area (Å²) < 4.78 is 0. The second-order valence-electron chi connectivity index (χ2n) is 4.90. The van der Waals surface area contributed by atoms with Gasteiger partial charge in [0.15, 0.2) is 0 Å². The van der Waals surface area contributed by atoms with Crippen LogP contribution in [0.15, 0.2) is 24.4 Å². The summed E-state index contributed by atoms with van der Waals surface area (Å²) in [7, 11) is 0. The Balaban J connectivity index is 1.85. The van der Waals surface area contributed by atoms with E-state index in [0.717, 1.165) is 35.7 Å². The van der Waals surface area contributed by atoms with E-state index in [9.17, 15) is 4.79 Å². The fourth-order valence-corrected chi connectivity index (χ4v) is 2.58. The van der Waals surface area contributed by atoms with E-state index in [1.165, 1.54) is 0 Å². The molecule has 3 rings (SSSR count). The molecular weight excluding hydrogens is 252 g/mol. The van der Waals surface area contributed by atoms with Crippen molar-refractivity contribution in [3.8, 4) is 0 Å². The molecule has 0 bridgehead atoms. The summed E-state index contributed by atoms with van der Waals surface area (Å²) in [4.78, 5) is 13.8. The lowest BCUT2D eigenvalue weighted by atomic mass is 10.0. The van der Waals surface area contributed by atoms with Gasteiger partial charge < -0.3 is 15.4 Å². The van der Waals surface area contributed by atoms with Gasteiger partial charge in [0.25, 0.3) is 0 Å². The lowest BCUT2D eigenvalue weighted by Gasteiger charge is -2.15. The third-order valence-corrected chi connectivity index (χ3v) is 3.78. The Bertz CT molecular complexity index is 616. The number of nitrogens with one attached hydrogen (secondary N) is 2. The van der Waals surface area contributed by atoms with Crippen LogP contribution in [0.4, 0.5) is 4.79 Å². The van der Waals surface area contributed by atoms with Gasteiger partial charge in [0.2, 0.25) is 0 Å². The minimum absolute atomic E-state index is 0.254. The van der Waals surface area contributed by atoms with E-state index in [1.54, 1.807) is 6.20 Å². The second kappa shape index (κ2) is 3.92. The highest BCUT2D eigenvalue weighted by atomic mass is 35.5. The van der Waals surface area contributed by atoms with Gasteiger partial charge in [-0.15, -0.1) is 0 Å². The summed E-state index contributed by atoms with van der Waals surface area (Å²) in [6.07, 6.45) is 3.35. The largest absolute Gasteiger partial charge is 0.465 e. The van der Waals surface area contributed by atoms with Crippen molar-refractivity contribution in [1.29, 1.82) is 0 Å². The predicted octanol–water partition coefficient (Wildman–Crippen LogP) is 3.16. The van der Waals surface area contributed by atoms with Gasteiger partial charge in [-0.1, -0.05) is 23.7 Å². The number of fused-ring (bicyclic) bond motifs is 1. The Morgan fingerprint density at radius 3 is 2.94 bits per heavy atom. The molecule has 2 aromatic rings. The summed E-state index contributed by atoms with van der Waals surface area (Å²) in [5.74, 6) is 0. The Labute approximate surface area is 109 Å². The van der Waals surface area contributed by atoms with Crippen molar-refractivity contribution >= 4 is 28.6 Å². The molecule has 1 aliphatic rings. The normalized spacial score (nSPS) is 16.7. The van der Waals surface area contributed by atoms with Crippen molar-refractivity contribution < 1.29 is 9.90 Å². The number of carbonyl (C=O) groups is 1. The van der Waals surface area contributed by atoms with Crippen molar-refractivity contribution in [3.63, 3.8) is 0 Å². The molecule has 1 fully saturated rings. The lowest BCUT2D eigenvalue weighted by Crippen LogP contribution is -2.37. The van der Waals surface area contributed by atoms with E-state index in [-0.39, 0.29) is 5.54 Å². The van der Waals surface area contributed by atoms with Crippen molar-refractivity contribution in [2.75, 3.05) is 0 Å². The van der Waals surface area contributed by atoms with Gasteiger partial charge in [0.1, 0.15) is 0 Å². The number of H-pyrrole nitrogens is 1. The van der Waals surface area contributed by atoms with Crippen molar-refractivity contribution in [2.45, 2.75) is 24.8 Å². The summed E-state index contributed by atoms with van der Waals surface area (Å²) in [5.41, 5.74) is 1.85. The molecular formula is C13H13ClN2O2. The summed E-state index contributed by atoms with van der Waals surface area (Å²) in [6.45, 7) is 0. The van der Waals surface area contributed by atoms with Crippen LogP contribution in [0.2, 0.25) is 5.02 Å². The average molecular weight is 265 g/mol.